The van der Waals surface area contributed by atoms with Gasteiger partial charge in [0.05, 0.1) is 17.1 Å². The summed E-state index contributed by atoms with van der Waals surface area (Å²) in [6.45, 7) is 3.68. The summed E-state index contributed by atoms with van der Waals surface area (Å²) >= 11 is 0. The molecule has 3 rings (SSSR count). The molecule has 0 fully saturated rings. The fourth-order valence-electron chi connectivity index (χ4n) is 2.85. The number of anilines is 2. The van der Waals surface area contributed by atoms with Gasteiger partial charge in [0.25, 0.3) is 0 Å². The molecule has 2 aromatic rings. The molecule has 0 bridgehead atoms. The van der Waals surface area contributed by atoms with E-state index in [9.17, 15) is 0 Å². The van der Waals surface area contributed by atoms with Crippen LogP contribution in [0.5, 0.6) is 0 Å². The smallest absolute Gasteiger partial charge is 0.130 e. The molecule has 0 spiro atoms. The van der Waals surface area contributed by atoms with Crippen LogP contribution in [0.3, 0.4) is 0 Å². The first-order valence-corrected chi connectivity index (χ1v) is 6.34. The molecule has 96 valence electrons. The van der Waals surface area contributed by atoms with E-state index in [1.807, 2.05) is 12.1 Å². The maximum absolute atomic E-state index is 4.14. The number of rotatable bonds is 2. The minimum Gasteiger partial charge on any atom is -0.349 e. The van der Waals surface area contributed by atoms with Crippen LogP contribution in [-0.2, 0) is 0 Å². The molecule has 19 heavy (non-hydrogen) atoms. The van der Waals surface area contributed by atoms with E-state index in [0.717, 1.165) is 5.69 Å². The number of benzene rings is 2. The standard InChI is InChI=1S/C16H17N3/c1-17-13-9-5-4-8-12(13)16-18(2)14-10-6-7-11-15(14)19(16)3/h4-11,16H,1H2,2-3H3. The van der Waals surface area contributed by atoms with E-state index >= 15 is 0 Å². The molecular formula is C16H17N3. The topological polar surface area (TPSA) is 18.8 Å². The van der Waals surface area contributed by atoms with Crippen molar-refractivity contribution in [3.05, 3.63) is 54.1 Å². The van der Waals surface area contributed by atoms with Gasteiger partial charge in [0.1, 0.15) is 6.17 Å². The third kappa shape index (κ3) is 1.70. The van der Waals surface area contributed by atoms with Crippen molar-refractivity contribution in [1.82, 2.24) is 0 Å². The summed E-state index contributed by atoms with van der Waals surface area (Å²) in [6.07, 6.45) is 0.166. The monoisotopic (exact) mass is 251 g/mol. The van der Waals surface area contributed by atoms with Crippen molar-refractivity contribution in [2.45, 2.75) is 6.17 Å². The van der Waals surface area contributed by atoms with E-state index in [0.29, 0.717) is 0 Å². The maximum atomic E-state index is 4.14. The summed E-state index contributed by atoms with van der Waals surface area (Å²) < 4.78 is 0. The molecule has 0 saturated carbocycles. The van der Waals surface area contributed by atoms with Crippen molar-refractivity contribution in [3.63, 3.8) is 0 Å². The van der Waals surface area contributed by atoms with Gasteiger partial charge in [0.15, 0.2) is 0 Å². The van der Waals surface area contributed by atoms with Crippen LogP contribution in [0.15, 0.2) is 53.5 Å². The lowest BCUT2D eigenvalue weighted by Crippen LogP contribution is -2.30. The lowest BCUT2D eigenvalue weighted by Gasteiger charge is -2.29. The Hall–Kier alpha value is -2.29. The first-order chi connectivity index (χ1) is 9.24. The first kappa shape index (κ1) is 11.8. The summed E-state index contributed by atoms with van der Waals surface area (Å²) in [5.74, 6) is 0. The van der Waals surface area contributed by atoms with Gasteiger partial charge in [-0.2, -0.15) is 0 Å². The Morgan fingerprint density at radius 2 is 1.42 bits per heavy atom. The molecule has 0 aromatic heterocycles. The zero-order valence-corrected chi connectivity index (χ0v) is 11.2. The van der Waals surface area contributed by atoms with Crippen molar-refractivity contribution in [3.8, 4) is 0 Å². The average Bonchev–Trinajstić information content (AvgIpc) is 2.71. The Bertz CT molecular complexity index is 592. The predicted molar refractivity (Wildman–Crippen MR) is 81.6 cm³/mol. The molecule has 0 radical (unpaired) electrons. The van der Waals surface area contributed by atoms with Crippen LogP contribution in [-0.4, -0.2) is 20.8 Å². The summed E-state index contributed by atoms with van der Waals surface area (Å²) in [7, 11) is 4.24. The molecule has 0 aliphatic carbocycles. The van der Waals surface area contributed by atoms with Crippen LogP contribution < -0.4 is 9.80 Å². The average molecular weight is 251 g/mol. The molecule has 0 amide bonds. The van der Waals surface area contributed by atoms with Gasteiger partial charge in [0.2, 0.25) is 0 Å². The Morgan fingerprint density at radius 1 is 0.895 bits per heavy atom. The van der Waals surface area contributed by atoms with E-state index in [1.165, 1.54) is 16.9 Å². The Balaban J connectivity index is 2.11. The van der Waals surface area contributed by atoms with Crippen LogP contribution in [0.2, 0.25) is 0 Å². The second-order valence-electron chi connectivity index (χ2n) is 4.80. The molecule has 2 aromatic carbocycles. The summed E-state index contributed by atoms with van der Waals surface area (Å²) in [5, 5.41) is 0. The number of nitrogens with zero attached hydrogens (tertiary/aromatic N) is 3. The Morgan fingerprint density at radius 3 is 2.00 bits per heavy atom. The Kier molecular flexibility index (Phi) is 2.75. The molecule has 0 saturated heterocycles. The molecule has 3 nitrogen and oxygen atoms in total. The van der Waals surface area contributed by atoms with Crippen molar-refractivity contribution < 1.29 is 0 Å². The van der Waals surface area contributed by atoms with Crippen molar-refractivity contribution in [1.29, 1.82) is 0 Å². The van der Waals surface area contributed by atoms with Gasteiger partial charge in [-0.15, -0.1) is 0 Å². The molecule has 3 heteroatoms. The molecule has 0 unspecified atom stereocenters. The lowest BCUT2D eigenvalue weighted by atomic mass is 10.1. The summed E-state index contributed by atoms with van der Waals surface area (Å²) in [5.41, 5.74) is 4.61. The number of fused-ring (bicyclic) bond motifs is 1. The first-order valence-electron chi connectivity index (χ1n) is 6.34. The number of para-hydroxylation sites is 3. The van der Waals surface area contributed by atoms with Gasteiger partial charge in [-0.1, -0.05) is 30.3 Å². The number of hydrogen-bond acceptors (Lipinski definition) is 3. The fraction of sp³-hybridized carbons (Fsp3) is 0.188. The lowest BCUT2D eigenvalue weighted by molar-refractivity contribution is 0.695. The highest BCUT2D eigenvalue weighted by Crippen LogP contribution is 2.45. The van der Waals surface area contributed by atoms with E-state index < -0.39 is 0 Å². The number of aliphatic imine (C=N–C) groups is 1. The molecule has 1 heterocycles. The quantitative estimate of drug-likeness (QED) is 0.759. The van der Waals surface area contributed by atoms with Crippen molar-refractivity contribution in [2.75, 3.05) is 23.9 Å². The predicted octanol–water partition coefficient (Wildman–Crippen LogP) is 3.60. The fourth-order valence-corrected chi connectivity index (χ4v) is 2.85. The van der Waals surface area contributed by atoms with E-state index in [4.69, 9.17) is 0 Å². The second-order valence-corrected chi connectivity index (χ2v) is 4.80. The number of hydrogen-bond donors (Lipinski definition) is 0. The SMILES string of the molecule is C=Nc1ccccc1C1N(C)c2ccccc2N1C. The van der Waals surface area contributed by atoms with E-state index in [2.05, 4.69) is 72.0 Å². The molecular weight excluding hydrogens is 234 g/mol. The van der Waals surface area contributed by atoms with Crippen LogP contribution in [0, 0.1) is 0 Å². The van der Waals surface area contributed by atoms with Crippen LogP contribution >= 0.6 is 0 Å². The van der Waals surface area contributed by atoms with Gasteiger partial charge >= 0.3 is 0 Å². The minimum atomic E-state index is 0.166. The van der Waals surface area contributed by atoms with Gasteiger partial charge in [-0.3, -0.25) is 4.99 Å². The van der Waals surface area contributed by atoms with Gasteiger partial charge in [0, 0.05) is 19.7 Å². The highest BCUT2D eigenvalue weighted by molar-refractivity contribution is 5.78. The van der Waals surface area contributed by atoms with E-state index in [-0.39, 0.29) is 6.17 Å². The third-order valence-corrected chi connectivity index (χ3v) is 3.76. The molecule has 0 N–H and O–H groups in total. The summed E-state index contributed by atoms with van der Waals surface area (Å²) in [6, 6.07) is 16.6. The van der Waals surface area contributed by atoms with Crippen LogP contribution in [0.4, 0.5) is 17.1 Å². The van der Waals surface area contributed by atoms with Crippen LogP contribution in [0.25, 0.3) is 0 Å². The van der Waals surface area contributed by atoms with Crippen LogP contribution in [0.1, 0.15) is 11.7 Å². The molecule has 0 atom stereocenters. The van der Waals surface area contributed by atoms with E-state index in [1.54, 1.807) is 0 Å². The zero-order valence-electron chi connectivity index (χ0n) is 11.2. The summed E-state index contributed by atoms with van der Waals surface area (Å²) in [4.78, 5) is 8.70. The highest BCUT2D eigenvalue weighted by Gasteiger charge is 2.33. The highest BCUT2D eigenvalue weighted by atomic mass is 15.4. The largest absolute Gasteiger partial charge is 0.349 e. The molecule has 1 aliphatic heterocycles. The van der Waals surface area contributed by atoms with Gasteiger partial charge in [-0.25, -0.2) is 0 Å². The second kappa shape index (κ2) is 4.43. The zero-order chi connectivity index (χ0) is 13.4. The normalized spacial score (nSPS) is 14.6. The molecule has 1 aliphatic rings. The van der Waals surface area contributed by atoms with Gasteiger partial charge in [-0.05, 0) is 24.9 Å². The maximum Gasteiger partial charge on any atom is 0.130 e. The third-order valence-electron chi connectivity index (χ3n) is 3.76. The van der Waals surface area contributed by atoms with Gasteiger partial charge < -0.3 is 9.80 Å². The minimum absolute atomic E-state index is 0.166. The van der Waals surface area contributed by atoms with Crippen molar-refractivity contribution >= 4 is 23.8 Å². The Labute approximate surface area is 113 Å². The van der Waals surface area contributed by atoms with Crippen molar-refractivity contribution in [2.24, 2.45) is 4.99 Å².